The number of aryl methyl sites for hydroxylation is 1. The van der Waals surface area contributed by atoms with Crippen molar-refractivity contribution in [2.75, 3.05) is 6.54 Å². The minimum absolute atomic E-state index is 0.158. The Balaban J connectivity index is 1.56. The predicted octanol–water partition coefficient (Wildman–Crippen LogP) is 4.27. The van der Waals surface area contributed by atoms with Crippen molar-refractivity contribution in [1.82, 2.24) is 19.9 Å². The molecule has 0 aliphatic rings. The Morgan fingerprint density at radius 2 is 1.45 bits per heavy atom. The number of carbonyl (C=O) groups is 2. The van der Waals surface area contributed by atoms with Crippen molar-refractivity contribution in [3.8, 4) is 0 Å². The number of nitrogens with zero attached hydrogens (tertiary/aromatic N) is 2. The normalized spacial score (nSPS) is 11.9. The highest BCUT2D eigenvalue weighted by Gasteiger charge is 2.30. The van der Waals surface area contributed by atoms with Gasteiger partial charge in [0.15, 0.2) is 0 Å². The monoisotopic (exact) mass is 584 g/mol. The molecule has 0 unspecified atom stereocenters. The van der Waals surface area contributed by atoms with E-state index in [0.717, 1.165) is 22.4 Å². The summed E-state index contributed by atoms with van der Waals surface area (Å²) in [7, 11) is -3.56. The molecule has 8 nitrogen and oxygen atoms in total. The maximum Gasteiger partial charge on any atom is 0.243 e. The molecule has 1 heterocycles. The van der Waals surface area contributed by atoms with E-state index < -0.39 is 16.1 Å². The zero-order valence-electron chi connectivity index (χ0n) is 23.6. The molecule has 0 fully saturated rings. The van der Waals surface area contributed by atoms with Crippen LogP contribution in [0.2, 0.25) is 0 Å². The number of pyridine rings is 1. The van der Waals surface area contributed by atoms with Gasteiger partial charge in [-0.05, 0) is 47.4 Å². The molecule has 0 radical (unpaired) electrons. The Kier molecular flexibility index (Phi) is 11.0. The van der Waals surface area contributed by atoms with Gasteiger partial charge in [-0.2, -0.15) is 0 Å². The van der Waals surface area contributed by atoms with E-state index in [1.807, 2.05) is 78.9 Å². The molecule has 0 aliphatic carbocycles. The molecule has 2 N–H and O–H groups in total. The lowest BCUT2D eigenvalue weighted by molar-refractivity contribution is -0.141. The molecule has 1 aromatic heterocycles. The number of benzene rings is 3. The van der Waals surface area contributed by atoms with Gasteiger partial charge >= 0.3 is 0 Å². The van der Waals surface area contributed by atoms with Crippen molar-refractivity contribution in [2.24, 2.45) is 0 Å². The molecule has 9 heteroatoms. The van der Waals surface area contributed by atoms with Crippen molar-refractivity contribution in [3.63, 3.8) is 0 Å². The third-order valence-electron chi connectivity index (χ3n) is 6.83. The molecule has 42 heavy (non-hydrogen) atoms. The van der Waals surface area contributed by atoms with Crippen LogP contribution in [-0.2, 0) is 45.5 Å². The number of nitrogens with one attached hydrogen (secondary N) is 2. The fraction of sp³-hybridized carbons (Fsp3) is 0.242. The summed E-state index contributed by atoms with van der Waals surface area (Å²) in [6, 6.07) is 30.6. The van der Waals surface area contributed by atoms with Gasteiger partial charge in [-0.1, -0.05) is 85.8 Å². The van der Waals surface area contributed by atoms with E-state index in [2.05, 4.69) is 15.0 Å². The first-order chi connectivity index (χ1) is 20.4. The zero-order valence-corrected chi connectivity index (χ0v) is 24.5. The molecule has 2 amide bonds. The van der Waals surface area contributed by atoms with Gasteiger partial charge in [0.05, 0.1) is 17.1 Å². The quantitative estimate of drug-likeness (QED) is 0.230. The first-order valence-electron chi connectivity index (χ1n) is 14.0. The Bertz CT molecular complexity index is 1530. The van der Waals surface area contributed by atoms with Crippen LogP contribution in [0.3, 0.4) is 0 Å². The first-order valence-corrected chi connectivity index (χ1v) is 15.5. The zero-order chi connectivity index (χ0) is 29.8. The van der Waals surface area contributed by atoms with Gasteiger partial charge in [-0.3, -0.25) is 14.6 Å². The van der Waals surface area contributed by atoms with Crippen LogP contribution in [0.15, 0.2) is 114 Å². The third kappa shape index (κ3) is 8.83. The minimum Gasteiger partial charge on any atom is -0.349 e. The molecule has 1 atom stereocenters. The number of sulfonamides is 1. The molecule has 0 bridgehead atoms. The first kappa shape index (κ1) is 30.6. The van der Waals surface area contributed by atoms with Crippen molar-refractivity contribution in [1.29, 1.82) is 0 Å². The van der Waals surface area contributed by atoms with E-state index in [1.165, 1.54) is 0 Å². The third-order valence-corrected chi connectivity index (χ3v) is 8.39. The van der Waals surface area contributed by atoms with Crippen LogP contribution >= 0.6 is 0 Å². The van der Waals surface area contributed by atoms with E-state index in [4.69, 9.17) is 0 Å². The largest absolute Gasteiger partial charge is 0.349 e. The smallest absolute Gasteiger partial charge is 0.243 e. The van der Waals surface area contributed by atoms with E-state index in [-0.39, 0.29) is 36.2 Å². The highest BCUT2D eigenvalue weighted by Crippen LogP contribution is 2.18. The maximum absolute atomic E-state index is 13.9. The standard InChI is InChI=1S/C33H36N4O4S/c1-2-36-42(40,41)30-19-16-26(17-20-30)18-21-32(38)37(25-28-13-7-4-8-14-28)31(23-27-11-5-3-6-12-27)33(39)35-24-29-15-9-10-22-34-29/h3-17,19-20,22,31,36H,2,18,21,23-25H2,1H3,(H,35,39)/t31-/m0/s1. The lowest BCUT2D eigenvalue weighted by Crippen LogP contribution is -2.50. The lowest BCUT2D eigenvalue weighted by Gasteiger charge is -2.31. The van der Waals surface area contributed by atoms with Gasteiger partial charge in [0, 0.05) is 32.1 Å². The number of hydrogen-bond acceptors (Lipinski definition) is 5. The van der Waals surface area contributed by atoms with E-state index in [1.54, 1.807) is 42.3 Å². The molecule has 4 aromatic rings. The van der Waals surface area contributed by atoms with Crippen molar-refractivity contribution in [2.45, 2.75) is 50.2 Å². The van der Waals surface area contributed by atoms with Gasteiger partial charge in [-0.25, -0.2) is 13.1 Å². The summed E-state index contributed by atoms with van der Waals surface area (Å²) < 4.78 is 27.1. The van der Waals surface area contributed by atoms with Gasteiger partial charge in [-0.15, -0.1) is 0 Å². The molecular weight excluding hydrogens is 548 g/mol. The maximum atomic E-state index is 13.9. The summed E-state index contributed by atoms with van der Waals surface area (Å²) in [5.74, 6) is -0.427. The highest BCUT2D eigenvalue weighted by atomic mass is 32.2. The van der Waals surface area contributed by atoms with Crippen molar-refractivity contribution >= 4 is 21.8 Å². The van der Waals surface area contributed by atoms with Crippen molar-refractivity contribution in [3.05, 3.63) is 132 Å². The Morgan fingerprint density at radius 3 is 2.07 bits per heavy atom. The fourth-order valence-electron chi connectivity index (χ4n) is 4.64. The summed E-state index contributed by atoms with van der Waals surface area (Å²) in [6.07, 6.45) is 2.59. The number of amides is 2. The molecule has 218 valence electrons. The van der Waals surface area contributed by atoms with Crippen LogP contribution in [0.4, 0.5) is 0 Å². The average molecular weight is 585 g/mol. The molecule has 4 rings (SSSR count). The molecule has 0 saturated carbocycles. The molecular formula is C33H36N4O4S. The summed E-state index contributed by atoms with van der Waals surface area (Å²) in [5.41, 5.74) is 3.42. The molecule has 0 aliphatic heterocycles. The van der Waals surface area contributed by atoms with Crippen LogP contribution in [0.1, 0.15) is 35.7 Å². The van der Waals surface area contributed by atoms with Crippen LogP contribution in [0, 0.1) is 0 Å². The van der Waals surface area contributed by atoms with Crippen LogP contribution in [0.25, 0.3) is 0 Å². The fourth-order valence-corrected chi connectivity index (χ4v) is 5.68. The SMILES string of the molecule is CCNS(=O)(=O)c1ccc(CCC(=O)N(Cc2ccccc2)[C@@H](Cc2ccccc2)C(=O)NCc2ccccn2)cc1. The second kappa shape index (κ2) is 15.0. The van der Waals surface area contributed by atoms with Crippen LogP contribution in [0.5, 0.6) is 0 Å². The van der Waals surface area contributed by atoms with Gasteiger partial charge in [0.2, 0.25) is 21.8 Å². The Hall–Kier alpha value is -4.34. The number of hydrogen-bond donors (Lipinski definition) is 2. The van der Waals surface area contributed by atoms with Crippen LogP contribution < -0.4 is 10.0 Å². The van der Waals surface area contributed by atoms with Gasteiger partial charge in [0.1, 0.15) is 6.04 Å². The van der Waals surface area contributed by atoms with Crippen LogP contribution in [-0.4, -0.2) is 42.7 Å². The Labute approximate surface area is 247 Å². The minimum atomic E-state index is -3.56. The highest BCUT2D eigenvalue weighted by molar-refractivity contribution is 7.89. The number of rotatable bonds is 14. The topological polar surface area (TPSA) is 108 Å². The predicted molar refractivity (Wildman–Crippen MR) is 163 cm³/mol. The lowest BCUT2D eigenvalue weighted by atomic mass is 10.0. The number of aromatic nitrogens is 1. The van der Waals surface area contributed by atoms with Gasteiger partial charge < -0.3 is 10.2 Å². The molecule has 3 aromatic carbocycles. The van der Waals surface area contributed by atoms with E-state index >= 15 is 0 Å². The molecule has 0 spiro atoms. The second-order valence-electron chi connectivity index (χ2n) is 9.90. The summed E-state index contributed by atoms with van der Waals surface area (Å²) >= 11 is 0. The second-order valence-corrected chi connectivity index (χ2v) is 11.7. The summed E-state index contributed by atoms with van der Waals surface area (Å²) in [5, 5.41) is 2.99. The molecule has 0 saturated heterocycles. The Morgan fingerprint density at radius 1 is 0.810 bits per heavy atom. The summed E-state index contributed by atoms with van der Waals surface area (Å²) in [6.45, 7) is 2.55. The van der Waals surface area contributed by atoms with E-state index in [0.29, 0.717) is 19.4 Å². The average Bonchev–Trinajstić information content (AvgIpc) is 3.02. The number of carbonyl (C=O) groups excluding carboxylic acids is 2. The summed E-state index contributed by atoms with van der Waals surface area (Å²) in [4.78, 5) is 33.7. The van der Waals surface area contributed by atoms with E-state index in [9.17, 15) is 18.0 Å². The van der Waals surface area contributed by atoms with Gasteiger partial charge in [0.25, 0.3) is 0 Å². The van der Waals surface area contributed by atoms with Crippen molar-refractivity contribution < 1.29 is 18.0 Å².